The Bertz CT molecular complexity index is 591. The number of rotatable bonds is 3. The van der Waals surface area contributed by atoms with Crippen LogP contribution < -0.4 is 5.32 Å². The molecule has 0 bridgehead atoms. The van der Waals surface area contributed by atoms with Crippen LogP contribution in [0.5, 0.6) is 0 Å². The highest BCUT2D eigenvalue weighted by atomic mass is 16.5. The van der Waals surface area contributed by atoms with Crippen molar-refractivity contribution in [2.24, 2.45) is 5.92 Å². The number of ether oxygens (including phenoxy) is 1. The molecule has 2 saturated heterocycles. The number of carbonyl (C=O) groups excluding carboxylic acids is 2. The molecule has 1 atom stereocenters. The lowest BCUT2D eigenvalue weighted by atomic mass is 10.0. The third-order valence-corrected chi connectivity index (χ3v) is 4.97. The fourth-order valence-corrected chi connectivity index (χ4v) is 3.57. The van der Waals surface area contributed by atoms with Gasteiger partial charge in [0.25, 0.3) is 5.91 Å². The van der Waals surface area contributed by atoms with Crippen LogP contribution in [0, 0.1) is 5.92 Å². The number of hydrogen-bond acceptors (Lipinski definition) is 6. The lowest BCUT2D eigenvalue weighted by molar-refractivity contribution is -0.125. The monoisotopic (exact) mass is 347 g/mol. The molecule has 8 nitrogen and oxygen atoms in total. The van der Waals surface area contributed by atoms with E-state index in [2.05, 4.69) is 20.2 Å². The molecule has 1 aromatic rings. The SMILES string of the molecule is CNC(=O)[C@H]1CN(C(=O)c2cncnc2)CCN(C2CCOCC2)C1. The summed E-state index contributed by atoms with van der Waals surface area (Å²) in [5.74, 6) is -0.395. The van der Waals surface area contributed by atoms with Crippen LogP contribution in [0.2, 0.25) is 0 Å². The van der Waals surface area contributed by atoms with Crippen molar-refractivity contribution in [3.63, 3.8) is 0 Å². The molecule has 136 valence electrons. The van der Waals surface area contributed by atoms with Gasteiger partial charge in [0.2, 0.25) is 5.91 Å². The summed E-state index contributed by atoms with van der Waals surface area (Å²) in [5.41, 5.74) is 0.456. The Labute approximate surface area is 147 Å². The molecule has 1 N–H and O–H groups in total. The van der Waals surface area contributed by atoms with E-state index in [9.17, 15) is 9.59 Å². The first-order chi connectivity index (χ1) is 12.2. The Morgan fingerprint density at radius 3 is 2.56 bits per heavy atom. The number of carbonyl (C=O) groups is 2. The van der Waals surface area contributed by atoms with E-state index in [0.717, 1.165) is 32.6 Å². The second kappa shape index (κ2) is 8.35. The number of aromatic nitrogens is 2. The van der Waals surface area contributed by atoms with Crippen molar-refractivity contribution in [3.8, 4) is 0 Å². The maximum Gasteiger partial charge on any atom is 0.257 e. The molecule has 1 aromatic heterocycles. The van der Waals surface area contributed by atoms with Gasteiger partial charge in [0.1, 0.15) is 6.33 Å². The van der Waals surface area contributed by atoms with Crippen LogP contribution >= 0.6 is 0 Å². The van der Waals surface area contributed by atoms with Gasteiger partial charge in [-0.25, -0.2) is 9.97 Å². The predicted molar refractivity (Wildman–Crippen MR) is 90.9 cm³/mol. The Hall–Kier alpha value is -2.06. The van der Waals surface area contributed by atoms with Crippen molar-refractivity contribution in [1.82, 2.24) is 25.1 Å². The van der Waals surface area contributed by atoms with Gasteiger partial charge in [-0.1, -0.05) is 0 Å². The largest absolute Gasteiger partial charge is 0.381 e. The minimum absolute atomic E-state index is 0.0268. The summed E-state index contributed by atoms with van der Waals surface area (Å²) in [4.78, 5) is 37.0. The number of amides is 2. The number of nitrogens with zero attached hydrogens (tertiary/aromatic N) is 4. The molecule has 0 aromatic carbocycles. The van der Waals surface area contributed by atoms with Crippen molar-refractivity contribution in [3.05, 3.63) is 24.3 Å². The molecule has 0 spiro atoms. The standard InChI is InChI=1S/C17H25N5O3/c1-18-16(23)14-10-21(15-2-6-25-7-3-15)4-5-22(11-14)17(24)13-8-19-12-20-9-13/h8-9,12,14-15H,2-7,10-11H2,1H3,(H,18,23)/t14-/m1/s1. The van der Waals surface area contributed by atoms with Crippen molar-refractivity contribution in [1.29, 1.82) is 0 Å². The van der Waals surface area contributed by atoms with Crippen LogP contribution in [0.3, 0.4) is 0 Å². The Kier molecular flexibility index (Phi) is 5.93. The van der Waals surface area contributed by atoms with Crippen molar-refractivity contribution < 1.29 is 14.3 Å². The van der Waals surface area contributed by atoms with Gasteiger partial charge in [0.15, 0.2) is 0 Å². The Morgan fingerprint density at radius 2 is 1.88 bits per heavy atom. The molecule has 2 amide bonds. The van der Waals surface area contributed by atoms with Gasteiger partial charge in [-0.2, -0.15) is 0 Å². The first-order valence-corrected chi connectivity index (χ1v) is 8.76. The summed E-state index contributed by atoms with van der Waals surface area (Å²) in [6, 6.07) is 0.413. The average Bonchev–Trinajstić information content (AvgIpc) is 2.91. The quantitative estimate of drug-likeness (QED) is 0.813. The molecular formula is C17H25N5O3. The third kappa shape index (κ3) is 4.32. The second-order valence-corrected chi connectivity index (χ2v) is 6.53. The van der Waals surface area contributed by atoms with E-state index < -0.39 is 0 Å². The topological polar surface area (TPSA) is 87.7 Å². The van der Waals surface area contributed by atoms with E-state index in [-0.39, 0.29) is 17.7 Å². The van der Waals surface area contributed by atoms with Crippen molar-refractivity contribution in [2.75, 3.05) is 46.4 Å². The van der Waals surface area contributed by atoms with Crippen molar-refractivity contribution >= 4 is 11.8 Å². The van der Waals surface area contributed by atoms with Crippen LogP contribution in [0.25, 0.3) is 0 Å². The minimum atomic E-state index is -0.246. The lowest BCUT2D eigenvalue weighted by Crippen LogP contribution is -2.45. The second-order valence-electron chi connectivity index (χ2n) is 6.53. The molecule has 0 aliphatic carbocycles. The van der Waals surface area contributed by atoms with Gasteiger partial charge in [0, 0.05) is 64.9 Å². The lowest BCUT2D eigenvalue weighted by Gasteiger charge is -2.34. The molecule has 0 radical (unpaired) electrons. The zero-order valence-corrected chi connectivity index (χ0v) is 14.6. The van der Waals surface area contributed by atoms with Gasteiger partial charge < -0.3 is 15.0 Å². The zero-order valence-electron chi connectivity index (χ0n) is 14.6. The smallest absolute Gasteiger partial charge is 0.257 e. The van der Waals surface area contributed by atoms with Crippen molar-refractivity contribution in [2.45, 2.75) is 18.9 Å². The summed E-state index contributed by atoms with van der Waals surface area (Å²) < 4.78 is 5.45. The minimum Gasteiger partial charge on any atom is -0.381 e. The van der Waals surface area contributed by atoms with E-state index in [1.807, 2.05) is 0 Å². The summed E-state index contributed by atoms with van der Waals surface area (Å²) >= 11 is 0. The molecule has 0 saturated carbocycles. The maximum atomic E-state index is 12.8. The average molecular weight is 347 g/mol. The molecule has 3 heterocycles. The van der Waals surface area contributed by atoms with E-state index >= 15 is 0 Å². The highest BCUT2D eigenvalue weighted by Crippen LogP contribution is 2.20. The fourth-order valence-electron chi connectivity index (χ4n) is 3.57. The summed E-state index contributed by atoms with van der Waals surface area (Å²) in [7, 11) is 1.64. The maximum absolute atomic E-state index is 12.8. The molecule has 3 rings (SSSR count). The van der Waals surface area contributed by atoms with Crippen LogP contribution in [-0.4, -0.2) is 84.1 Å². The van der Waals surface area contributed by atoms with E-state index in [0.29, 0.717) is 31.2 Å². The molecule has 0 unspecified atom stereocenters. The Balaban J connectivity index is 1.75. The van der Waals surface area contributed by atoms with E-state index in [4.69, 9.17) is 4.74 Å². The highest BCUT2D eigenvalue weighted by Gasteiger charge is 2.33. The highest BCUT2D eigenvalue weighted by molar-refractivity contribution is 5.94. The van der Waals surface area contributed by atoms with Gasteiger partial charge in [-0.3, -0.25) is 14.5 Å². The molecule has 2 fully saturated rings. The van der Waals surface area contributed by atoms with Crippen LogP contribution in [0.15, 0.2) is 18.7 Å². The molecule has 2 aliphatic heterocycles. The van der Waals surface area contributed by atoms with Gasteiger partial charge >= 0.3 is 0 Å². The van der Waals surface area contributed by atoms with Gasteiger partial charge in [-0.05, 0) is 12.8 Å². The number of nitrogens with one attached hydrogen (secondary N) is 1. The first-order valence-electron chi connectivity index (χ1n) is 8.76. The van der Waals surface area contributed by atoms with Gasteiger partial charge in [0.05, 0.1) is 11.5 Å². The number of hydrogen-bond donors (Lipinski definition) is 1. The van der Waals surface area contributed by atoms with Crippen LogP contribution in [0.1, 0.15) is 23.2 Å². The van der Waals surface area contributed by atoms with E-state index in [1.165, 1.54) is 18.7 Å². The van der Waals surface area contributed by atoms with E-state index in [1.54, 1.807) is 11.9 Å². The molecule has 8 heteroatoms. The molecule has 25 heavy (non-hydrogen) atoms. The van der Waals surface area contributed by atoms with Crippen LogP contribution in [0.4, 0.5) is 0 Å². The normalized spacial score (nSPS) is 23.1. The summed E-state index contributed by atoms with van der Waals surface area (Å²) in [5, 5.41) is 2.73. The first kappa shape index (κ1) is 17.8. The third-order valence-electron chi connectivity index (χ3n) is 4.97. The molecular weight excluding hydrogens is 322 g/mol. The predicted octanol–water partition coefficient (Wildman–Crippen LogP) is -0.224. The van der Waals surface area contributed by atoms with Gasteiger partial charge in [-0.15, -0.1) is 0 Å². The summed E-state index contributed by atoms with van der Waals surface area (Å²) in [6.45, 7) is 3.95. The van der Waals surface area contributed by atoms with Crippen LogP contribution in [-0.2, 0) is 9.53 Å². The zero-order chi connectivity index (χ0) is 17.6. The molecule has 2 aliphatic rings. The summed E-state index contributed by atoms with van der Waals surface area (Å²) in [6.07, 6.45) is 6.39. The fraction of sp³-hybridized carbons (Fsp3) is 0.647. The Morgan fingerprint density at radius 1 is 1.16 bits per heavy atom.